The van der Waals surface area contributed by atoms with Gasteiger partial charge in [-0.1, -0.05) is 58.0 Å². The summed E-state index contributed by atoms with van der Waals surface area (Å²) in [5, 5.41) is 13.6. The van der Waals surface area contributed by atoms with Crippen molar-refractivity contribution >= 4 is 5.97 Å². The third kappa shape index (κ3) is 4.82. The van der Waals surface area contributed by atoms with Gasteiger partial charge >= 0.3 is 5.97 Å². The lowest BCUT2D eigenvalue weighted by Gasteiger charge is -2.42. The van der Waals surface area contributed by atoms with E-state index >= 15 is 0 Å². The highest BCUT2D eigenvalue weighted by atomic mass is 16.5. The molecule has 0 aliphatic heterocycles. The first-order valence-corrected chi connectivity index (χ1v) is 11.6. The van der Waals surface area contributed by atoms with Gasteiger partial charge in [-0.3, -0.25) is 9.48 Å². The zero-order chi connectivity index (χ0) is 23.8. The highest BCUT2D eigenvalue weighted by molar-refractivity contribution is 5.69. The van der Waals surface area contributed by atoms with Crippen LogP contribution in [0, 0.1) is 0 Å². The van der Waals surface area contributed by atoms with Crippen molar-refractivity contribution in [2.45, 2.75) is 70.3 Å². The van der Waals surface area contributed by atoms with Gasteiger partial charge in [0.1, 0.15) is 12.4 Å². The highest BCUT2D eigenvalue weighted by Gasteiger charge is 2.36. The Morgan fingerprint density at radius 1 is 1.03 bits per heavy atom. The molecule has 0 spiro atoms. The molecule has 1 heterocycles. The van der Waals surface area contributed by atoms with Crippen molar-refractivity contribution in [1.29, 1.82) is 0 Å². The molecule has 0 fully saturated rings. The van der Waals surface area contributed by atoms with E-state index in [1.165, 1.54) is 29.5 Å². The van der Waals surface area contributed by atoms with Gasteiger partial charge in [0.25, 0.3) is 0 Å². The molecule has 3 aromatic rings. The molecule has 1 aromatic heterocycles. The minimum Gasteiger partial charge on any atom is -0.489 e. The van der Waals surface area contributed by atoms with E-state index in [-0.39, 0.29) is 23.2 Å². The predicted octanol–water partition coefficient (Wildman–Crippen LogP) is 5.95. The summed E-state index contributed by atoms with van der Waals surface area (Å²) in [5.74, 6) is -0.314. The van der Waals surface area contributed by atoms with Crippen LogP contribution in [-0.2, 0) is 29.3 Å². The number of fused-ring (bicyclic) bond motifs is 1. The van der Waals surface area contributed by atoms with E-state index in [9.17, 15) is 9.90 Å². The standard InChI is InChI=1S/C28H34N2O3/c1-27(2)13-14-28(3,4)24-16-19(6-11-23(24)27)18-33-21-9-7-20(8-10-21)22(17-26(31)32)25-12-15-29-30(25)5/h6-12,15-16,22H,13-14,17-18H2,1-5H3,(H,31,32). The van der Waals surface area contributed by atoms with Gasteiger partial charge in [0, 0.05) is 24.9 Å². The number of aryl methyl sites for hydroxylation is 1. The molecule has 0 saturated carbocycles. The van der Waals surface area contributed by atoms with Crippen LogP contribution in [0.5, 0.6) is 5.75 Å². The normalized spacial score (nSPS) is 17.2. The summed E-state index contributed by atoms with van der Waals surface area (Å²) >= 11 is 0. The first kappa shape index (κ1) is 23.1. The molecule has 0 saturated heterocycles. The van der Waals surface area contributed by atoms with Crippen molar-refractivity contribution in [1.82, 2.24) is 9.78 Å². The van der Waals surface area contributed by atoms with E-state index in [0.29, 0.717) is 6.61 Å². The summed E-state index contributed by atoms with van der Waals surface area (Å²) in [6.07, 6.45) is 4.10. The third-order valence-electron chi connectivity index (χ3n) is 7.20. The van der Waals surface area contributed by atoms with Crippen LogP contribution in [0.3, 0.4) is 0 Å². The van der Waals surface area contributed by atoms with Gasteiger partial charge in [-0.25, -0.2) is 0 Å². The quantitative estimate of drug-likeness (QED) is 0.487. The van der Waals surface area contributed by atoms with E-state index in [0.717, 1.165) is 17.0 Å². The van der Waals surface area contributed by atoms with Gasteiger partial charge in [-0.2, -0.15) is 5.10 Å². The van der Waals surface area contributed by atoms with Gasteiger partial charge in [0.2, 0.25) is 0 Å². The van der Waals surface area contributed by atoms with E-state index in [4.69, 9.17) is 4.74 Å². The second kappa shape index (κ2) is 8.69. The Morgan fingerprint density at radius 2 is 1.70 bits per heavy atom. The number of aromatic nitrogens is 2. The van der Waals surface area contributed by atoms with E-state index < -0.39 is 5.97 Å². The number of hydrogen-bond donors (Lipinski definition) is 1. The Hall–Kier alpha value is -3.08. The van der Waals surface area contributed by atoms with E-state index in [1.807, 2.05) is 37.4 Å². The molecule has 1 unspecified atom stereocenters. The van der Waals surface area contributed by atoms with Crippen LogP contribution in [0.15, 0.2) is 54.7 Å². The van der Waals surface area contributed by atoms with E-state index in [2.05, 4.69) is 51.0 Å². The summed E-state index contributed by atoms with van der Waals surface area (Å²) in [4.78, 5) is 11.4. The summed E-state index contributed by atoms with van der Waals surface area (Å²) in [6, 6.07) is 16.4. The SMILES string of the molecule is Cn1nccc1C(CC(=O)O)c1ccc(OCc2ccc3c(c2)C(C)(C)CCC3(C)C)cc1. The Balaban J connectivity index is 1.50. The number of aliphatic carboxylic acids is 1. The molecule has 4 rings (SSSR count). The molecule has 5 nitrogen and oxygen atoms in total. The molecule has 1 aliphatic rings. The number of carboxylic acids is 1. The average molecular weight is 447 g/mol. The van der Waals surface area contributed by atoms with Crippen LogP contribution in [0.2, 0.25) is 0 Å². The van der Waals surface area contributed by atoms with Gasteiger partial charge in [-0.05, 0) is 64.1 Å². The minimum absolute atomic E-state index is 0.0149. The highest BCUT2D eigenvalue weighted by Crippen LogP contribution is 2.46. The summed E-state index contributed by atoms with van der Waals surface area (Å²) in [5.41, 5.74) is 6.25. The van der Waals surface area contributed by atoms with Gasteiger partial charge in [0.05, 0.1) is 6.42 Å². The second-order valence-electron chi connectivity index (χ2n) is 10.5. The van der Waals surface area contributed by atoms with Crippen LogP contribution in [-0.4, -0.2) is 20.9 Å². The molecule has 2 aromatic carbocycles. The second-order valence-corrected chi connectivity index (χ2v) is 10.5. The Kier molecular flexibility index (Phi) is 6.08. The first-order chi connectivity index (χ1) is 15.6. The number of rotatable bonds is 7. The van der Waals surface area contributed by atoms with Crippen molar-refractivity contribution in [2.75, 3.05) is 0 Å². The molecule has 0 amide bonds. The third-order valence-corrected chi connectivity index (χ3v) is 7.20. The van der Waals surface area contributed by atoms with Crippen LogP contribution in [0.1, 0.15) is 80.8 Å². The van der Waals surface area contributed by atoms with Gasteiger partial charge < -0.3 is 9.84 Å². The first-order valence-electron chi connectivity index (χ1n) is 11.6. The molecular formula is C28H34N2O3. The fourth-order valence-corrected chi connectivity index (χ4v) is 4.98. The number of carboxylic acid groups (broad SMARTS) is 1. The Bertz CT molecular complexity index is 1140. The maximum atomic E-state index is 11.4. The molecular weight excluding hydrogens is 412 g/mol. The maximum absolute atomic E-state index is 11.4. The number of carbonyl (C=O) groups is 1. The van der Waals surface area contributed by atoms with Crippen LogP contribution >= 0.6 is 0 Å². The zero-order valence-corrected chi connectivity index (χ0v) is 20.3. The predicted molar refractivity (Wildman–Crippen MR) is 130 cm³/mol. The van der Waals surface area contributed by atoms with Crippen molar-refractivity contribution in [3.8, 4) is 5.75 Å². The largest absolute Gasteiger partial charge is 0.489 e. The smallest absolute Gasteiger partial charge is 0.304 e. The van der Waals surface area contributed by atoms with Crippen molar-refractivity contribution in [2.24, 2.45) is 7.05 Å². The topological polar surface area (TPSA) is 64.4 Å². The monoisotopic (exact) mass is 446 g/mol. The molecule has 0 radical (unpaired) electrons. The summed E-state index contributed by atoms with van der Waals surface area (Å²) < 4.78 is 7.83. The van der Waals surface area contributed by atoms with Gasteiger partial charge in [0.15, 0.2) is 0 Å². The molecule has 174 valence electrons. The number of nitrogens with zero attached hydrogens (tertiary/aromatic N) is 2. The molecule has 5 heteroatoms. The zero-order valence-electron chi connectivity index (χ0n) is 20.3. The number of benzene rings is 2. The maximum Gasteiger partial charge on any atom is 0.304 e. The van der Waals surface area contributed by atoms with Crippen LogP contribution in [0.4, 0.5) is 0 Å². The molecule has 1 N–H and O–H groups in total. The van der Waals surface area contributed by atoms with Crippen molar-refractivity contribution in [3.63, 3.8) is 0 Å². The van der Waals surface area contributed by atoms with Crippen LogP contribution < -0.4 is 4.74 Å². The lowest BCUT2D eigenvalue weighted by molar-refractivity contribution is -0.137. The average Bonchev–Trinajstić information content (AvgIpc) is 3.20. The Morgan fingerprint density at radius 3 is 2.30 bits per heavy atom. The fraction of sp³-hybridized carbons (Fsp3) is 0.429. The van der Waals surface area contributed by atoms with Gasteiger partial charge in [-0.15, -0.1) is 0 Å². The van der Waals surface area contributed by atoms with Crippen LogP contribution in [0.25, 0.3) is 0 Å². The number of ether oxygens (including phenoxy) is 1. The molecule has 1 aliphatic carbocycles. The lowest BCUT2D eigenvalue weighted by Crippen LogP contribution is -2.33. The minimum atomic E-state index is -0.833. The van der Waals surface area contributed by atoms with Crippen molar-refractivity contribution in [3.05, 3.63) is 82.7 Å². The molecule has 0 bridgehead atoms. The molecule has 1 atom stereocenters. The fourth-order valence-electron chi connectivity index (χ4n) is 4.98. The lowest BCUT2D eigenvalue weighted by atomic mass is 9.63. The number of hydrogen-bond acceptors (Lipinski definition) is 3. The summed E-state index contributed by atoms with van der Waals surface area (Å²) in [7, 11) is 1.84. The van der Waals surface area contributed by atoms with Crippen molar-refractivity contribution < 1.29 is 14.6 Å². The summed E-state index contributed by atoms with van der Waals surface area (Å²) in [6.45, 7) is 9.84. The Labute approximate surface area is 196 Å². The van der Waals surface area contributed by atoms with E-state index in [1.54, 1.807) is 10.9 Å². The molecule has 33 heavy (non-hydrogen) atoms.